The largest absolute Gasteiger partial charge is 0.465 e. The Hall–Kier alpha value is -3.77. The van der Waals surface area contributed by atoms with Crippen LogP contribution >= 0.6 is 0 Å². The van der Waals surface area contributed by atoms with Gasteiger partial charge in [-0.3, -0.25) is 0 Å². The molecular formula is C51H82O38. The number of esters is 5. The number of hydrogen-bond acceptors (Lipinski definition) is 38. The van der Waals surface area contributed by atoms with Crippen LogP contribution in [0.5, 0.6) is 0 Å². The van der Waals surface area contributed by atoms with Gasteiger partial charge in [0.15, 0.2) is 0 Å². The standard InChI is InChI=1S/C9H14O6.4C8H12O6.2C5H10O4/c1-11-5-3-13-6-4-14-9(8(10)12-2)15-7(5)6;4*1-11-7(10)8-13-3-5-6(14-8)4(9)2-12-5;2*6-1-4-5(8)3(7)2-9-4/h5-7,9H,3-4H2,1-2H3;4*4-6,8-9H,2-3H2,1H3;2*3-8H,1-2H2/t;2*4-,5+,6+,8+;2*4-,5+,6+,8-;2*3-,4+,5+/m.101010/s1. The quantitative estimate of drug-likeness (QED) is 0.0797. The maximum atomic E-state index is 11.2. The molecule has 0 aromatic heterocycles. The highest BCUT2D eigenvalue weighted by atomic mass is 16.8. The van der Waals surface area contributed by atoms with Crippen molar-refractivity contribution in [3.63, 3.8) is 0 Å². The Morgan fingerprint density at radius 2 is 0.528 bits per heavy atom. The van der Waals surface area contributed by atoms with Gasteiger partial charge >= 0.3 is 29.8 Å². The Labute approximate surface area is 507 Å². The minimum Gasteiger partial charge on any atom is -0.465 e. The van der Waals surface area contributed by atoms with Gasteiger partial charge in [-0.25, -0.2) is 24.0 Å². The van der Waals surface area contributed by atoms with Crippen molar-refractivity contribution in [2.24, 2.45) is 0 Å². The van der Waals surface area contributed by atoms with Crippen molar-refractivity contribution in [2.45, 2.75) is 160 Å². The van der Waals surface area contributed by atoms with Gasteiger partial charge in [-0.15, -0.1) is 0 Å². The Kier molecular flexibility index (Phi) is 30.6. The summed E-state index contributed by atoms with van der Waals surface area (Å²) < 4.78 is 115. The van der Waals surface area contributed by atoms with Crippen LogP contribution in [-0.2, 0) is 133 Å². The fourth-order valence-electron chi connectivity index (χ4n) is 9.67. The van der Waals surface area contributed by atoms with E-state index in [1.807, 2.05) is 0 Å². The van der Waals surface area contributed by atoms with Gasteiger partial charge in [-0.1, -0.05) is 0 Å². The SMILES string of the molecule is COC(=O)C1OCC2OCC(OC)C2O1.COC(=O)[C@@H]1OC[C@@H]2OC[C@@H](O)[C@@H]2O1.COC(=O)[C@@H]1OC[C@H]2OC[C@H](O)[C@H]2O1.COC(=O)[C@H]1OC[C@@H]2OC[C@@H](O)[C@@H]2O1.COC(=O)[C@H]1OC[C@H]2OC[C@H](O)[C@H]2O1.OC[C@@H]1OC[C@@H](O)[C@@H]1O.OC[C@H]1OC[C@H](O)[C@H]1O. The molecule has 0 aromatic rings. The highest BCUT2D eigenvalue weighted by molar-refractivity contribution is 5.74. The molecule has 514 valence electrons. The summed E-state index contributed by atoms with van der Waals surface area (Å²) in [7, 11) is 7.89. The number of methoxy groups -OCH3 is 6. The van der Waals surface area contributed by atoms with Crippen LogP contribution in [0.25, 0.3) is 0 Å². The van der Waals surface area contributed by atoms with E-state index in [0.29, 0.717) is 13.2 Å². The summed E-state index contributed by atoms with van der Waals surface area (Å²) in [5, 5.41) is 90.1. The first kappa shape index (κ1) is 74.3. The van der Waals surface area contributed by atoms with Gasteiger partial charge in [0.05, 0.1) is 128 Å². The lowest BCUT2D eigenvalue weighted by molar-refractivity contribution is -0.252. The molecule has 0 amide bonds. The number of aliphatic hydroxyl groups is 10. The van der Waals surface area contributed by atoms with Gasteiger partial charge in [0.2, 0.25) is 0 Å². The number of carbonyl (C=O) groups is 5. The van der Waals surface area contributed by atoms with Crippen molar-refractivity contribution in [2.75, 3.05) is 135 Å². The van der Waals surface area contributed by atoms with Crippen molar-refractivity contribution in [3.05, 3.63) is 0 Å². The number of hydrogen-bond donors (Lipinski definition) is 10. The lowest BCUT2D eigenvalue weighted by atomic mass is 10.1. The molecule has 12 rings (SSSR count). The number of carbonyl (C=O) groups excluding carboxylic acids is 5. The van der Waals surface area contributed by atoms with Crippen molar-refractivity contribution >= 4 is 29.8 Å². The van der Waals surface area contributed by atoms with Crippen molar-refractivity contribution in [1.82, 2.24) is 0 Å². The zero-order valence-corrected chi connectivity index (χ0v) is 49.3. The summed E-state index contributed by atoms with van der Waals surface area (Å²) in [6, 6.07) is 0. The molecule has 12 heterocycles. The van der Waals surface area contributed by atoms with E-state index in [2.05, 4.69) is 23.7 Å². The molecule has 0 bridgehead atoms. The average Bonchev–Trinajstić information content (AvgIpc) is 2.50. The summed E-state index contributed by atoms with van der Waals surface area (Å²) in [6.45, 7) is 2.35. The fraction of sp³-hybridized carbons (Fsp3) is 0.902. The summed E-state index contributed by atoms with van der Waals surface area (Å²) in [5.74, 6) is -2.91. The van der Waals surface area contributed by atoms with Crippen LogP contribution in [0.1, 0.15) is 0 Å². The lowest BCUT2D eigenvalue weighted by Crippen LogP contribution is -2.48. The zero-order chi connectivity index (χ0) is 65.1. The summed E-state index contributed by atoms with van der Waals surface area (Å²) in [5.41, 5.74) is 0. The molecule has 0 spiro atoms. The molecule has 38 nitrogen and oxygen atoms in total. The fourth-order valence-corrected chi connectivity index (χ4v) is 9.67. The van der Waals surface area contributed by atoms with E-state index in [0.717, 1.165) is 0 Å². The predicted molar refractivity (Wildman–Crippen MR) is 274 cm³/mol. The van der Waals surface area contributed by atoms with Crippen molar-refractivity contribution in [3.8, 4) is 0 Å². The molecule has 0 aromatic carbocycles. The minimum absolute atomic E-state index is 0.117. The smallest absolute Gasteiger partial charge is 0.363 e. The highest BCUT2D eigenvalue weighted by Gasteiger charge is 2.50. The molecule has 12 saturated heterocycles. The molecule has 12 aliphatic rings. The first-order valence-corrected chi connectivity index (χ1v) is 27.9. The molecule has 0 saturated carbocycles. The van der Waals surface area contributed by atoms with Crippen molar-refractivity contribution < 1.29 is 184 Å². The van der Waals surface area contributed by atoms with E-state index in [4.69, 9.17) is 116 Å². The van der Waals surface area contributed by atoms with E-state index in [1.54, 1.807) is 7.11 Å². The Balaban J connectivity index is 0.000000167. The molecule has 89 heavy (non-hydrogen) atoms. The second kappa shape index (κ2) is 36.6. The van der Waals surface area contributed by atoms with Gasteiger partial charge in [-0.2, -0.15) is 0 Å². The second-order valence-corrected chi connectivity index (χ2v) is 20.6. The van der Waals surface area contributed by atoms with Crippen molar-refractivity contribution in [1.29, 1.82) is 0 Å². The zero-order valence-electron chi connectivity index (χ0n) is 49.3. The number of aliphatic hydroxyl groups excluding tert-OH is 10. The van der Waals surface area contributed by atoms with Gasteiger partial charge in [0.1, 0.15) is 128 Å². The molecule has 12 aliphatic heterocycles. The molecule has 26 atom stereocenters. The average molecular weight is 1300 g/mol. The van der Waals surface area contributed by atoms with E-state index >= 15 is 0 Å². The third-order valence-corrected chi connectivity index (χ3v) is 14.7. The van der Waals surface area contributed by atoms with Crippen LogP contribution in [0.4, 0.5) is 0 Å². The monoisotopic (exact) mass is 1300 g/mol. The summed E-state index contributed by atoms with van der Waals surface area (Å²) >= 11 is 0. The topological polar surface area (TPSA) is 500 Å². The summed E-state index contributed by atoms with van der Waals surface area (Å²) in [6.07, 6.45) is -16.3. The number of ether oxygens (including phenoxy) is 23. The summed E-state index contributed by atoms with van der Waals surface area (Å²) in [4.78, 5) is 55.5. The minimum atomic E-state index is -1.04. The Bertz CT molecular complexity index is 1930. The molecule has 38 heteroatoms. The molecule has 10 N–H and O–H groups in total. The number of rotatable bonds is 8. The van der Waals surface area contributed by atoms with E-state index in [9.17, 15) is 44.4 Å². The van der Waals surface area contributed by atoms with Crippen LogP contribution in [-0.4, -0.2) is 376 Å². The molecule has 4 unspecified atom stereocenters. The van der Waals surface area contributed by atoms with E-state index in [-0.39, 0.29) is 122 Å². The van der Waals surface area contributed by atoms with Crippen LogP contribution < -0.4 is 0 Å². The first-order valence-electron chi connectivity index (χ1n) is 27.9. The van der Waals surface area contributed by atoms with E-state index in [1.165, 1.54) is 35.5 Å². The van der Waals surface area contributed by atoms with Gasteiger partial charge in [0, 0.05) is 7.11 Å². The lowest BCUT2D eigenvalue weighted by Gasteiger charge is -2.31. The van der Waals surface area contributed by atoms with Gasteiger partial charge in [-0.05, 0) is 0 Å². The Morgan fingerprint density at radius 1 is 0.303 bits per heavy atom. The van der Waals surface area contributed by atoms with Crippen LogP contribution in [0.15, 0.2) is 0 Å². The predicted octanol–water partition coefficient (Wildman–Crippen LogP) is -9.84. The van der Waals surface area contributed by atoms with Gasteiger partial charge in [0.25, 0.3) is 31.5 Å². The normalized spacial score (nSPS) is 41.9. The third kappa shape index (κ3) is 20.1. The molecule has 0 radical (unpaired) electrons. The van der Waals surface area contributed by atoms with Crippen LogP contribution in [0.3, 0.4) is 0 Å². The molecular weight excluding hydrogens is 1220 g/mol. The maximum absolute atomic E-state index is 11.2. The first-order chi connectivity index (χ1) is 42.6. The maximum Gasteiger partial charge on any atom is 0.363 e. The van der Waals surface area contributed by atoms with Gasteiger partial charge < -0.3 is 160 Å². The molecule has 12 fully saturated rings. The Morgan fingerprint density at radius 3 is 0.730 bits per heavy atom. The number of fused-ring (bicyclic) bond motifs is 5. The third-order valence-electron chi connectivity index (χ3n) is 14.7. The molecule has 0 aliphatic carbocycles. The van der Waals surface area contributed by atoms with E-state index < -0.39 is 147 Å². The highest BCUT2D eigenvalue weighted by Crippen LogP contribution is 2.30. The van der Waals surface area contributed by atoms with Crippen LogP contribution in [0.2, 0.25) is 0 Å². The second-order valence-electron chi connectivity index (χ2n) is 20.6. The van der Waals surface area contributed by atoms with Crippen LogP contribution in [0, 0.1) is 0 Å².